The van der Waals surface area contributed by atoms with Crippen LogP contribution in [-0.2, 0) is 11.2 Å². The maximum atomic E-state index is 12.2. The third-order valence-corrected chi connectivity index (χ3v) is 3.66. The predicted octanol–water partition coefficient (Wildman–Crippen LogP) is 2.16. The molecular weight excluding hydrogens is 270 g/mol. The monoisotopic (exact) mass is 287 g/mol. The molecule has 1 saturated heterocycles. The highest BCUT2D eigenvalue weighted by Crippen LogP contribution is 2.31. The Hall–Kier alpha value is -2.37. The average Bonchev–Trinajstić information content (AvgIpc) is 3.13. The first-order valence-electron chi connectivity index (χ1n) is 6.98. The number of anilines is 1. The fraction of sp³-hybridized carbons (Fsp3) is 0.400. The molecule has 1 aromatic heterocycles. The molecular formula is C15H17N3O3. The fourth-order valence-corrected chi connectivity index (χ4v) is 2.46. The second kappa shape index (κ2) is 5.55. The summed E-state index contributed by atoms with van der Waals surface area (Å²) in [5.74, 6) is 2.04. The lowest BCUT2D eigenvalue weighted by atomic mass is 10.1. The summed E-state index contributed by atoms with van der Waals surface area (Å²) in [4.78, 5) is 18.3. The van der Waals surface area contributed by atoms with E-state index in [1.165, 1.54) is 0 Å². The molecule has 1 fully saturated rings. The molecule has 0 spiro atoms. The normalized spacial score (nSPS) is 18.3. The van der Waals surface area contributed by atoms with Crippen LogP contribution in [0.1, 0.15) is 31.0 Å². The molecule has 0 saturated carbocycles. The minimum absolute atomic E-state index is 0.0348. The van der Waals surface area contributed by atoms with E-state index < -0.39 is 0 Å². The molecule has 1 atom stereocenters. The number of carbonyl (C=O) groups excluding carboxylic acids is 1. The highest BCUT2D eigenvalue weighted by atomic mass is 16.5. The summed E-state index contributed by atoms with van der Waals surface area (Å²) in [6.07, 6.45) is 1.13. The number of nitrogens with zero attached hydrogens (tertiary/aromatic N) is 3. The lowest BCUT2D eigenvalue weighted by Gasteiger charge is -2.16. The summed E-state index contributed by atoms with van der Waals surface area (Å²) in [5.41, 5.74) is 0.860. The molecule has 2 heterocycles. The molecule has 2 aromatic rings. The van der Waals surface area contributed by atoms with Crippen LogP contribution in [0.25, 0.3) is 0 Å². The molecule has 1 aromatic carbocycles. The third-order valence-electron chi connectivity index (χ3n) is 3.66. The van der Waals surface area contributed by atoms with Gasteiger partial charge in [0, 0.05) is 25.1 Å². The van der Waals surface area contributed by atoms with Gasteiger partial charge in [-0.05, 0) is 24.3 Å². The zero-order valence-corrected chi connectivity index (χ0v) is 12.1. The van der Waals surface area contributed by atoms with E-state index in [4.69, 9.17) is 9.26 Å². The van der Waals surface area contributed by atoms with Crippen LogP contribution >= 0.6 is 0 Å². The van der Waals surface area contributed by atoms with Gasteiger partial charge in [-0.3, -0.25) is 4.79 Å². The molecule has 0 bridgehead atoms. The van der Waals surface area contributed by atoms with Gasteiger partial charge in [-0.2, -0.15) is 4.98 Å². The van der Waals surface area contributed by atoms with Gasteiger partial charge >= 0.3 is 0 Å². The third kappa shape index (κ3) is 2.61. The number of hydrogen-bond acceptors (Lipinski definition) is 5. The van der Waals surface area contributed by atoms with Crippen molar-refractivity contribution in [2.45, 2.75) is 25.7 Å². The van der Waals surface area contributed by atoms with Gasteiger partial charge in [0.1, 0.15) is 5.75 Å². The lowest BCUT2D eigenvalue weighted by Crippen LogP contribution is -2.24. The molecule has 0 radical (unpaired) electrons. The first-order chi connectivity index (χ1) is 10.2. The van der Waals surface area contributed by atoms with Gasteiger partial charge < -0.3 is 14.2 Å². The summed E-state index contributed by atoms with van der Waals surface area (Å²) < 4.78 is 10.4. The molecule has 1 amide bonds. The van der Waals surface area contributed by atoms with Gasteiger partial charge in [-0.25, -0.2) is 0 Å². The van der Waals surface area contributed by atoms with E-state index >= 15 is 0 Å². The Morgan fingerprint density at radius 1 is 1.38 bits per heavy atom. The number of rotatable bonds is 4. The van der Waals surface area contributed by atoms with Gasteiger partial charge in [0.05, 0.1) is 13.0 Å². The molecule has 6 nitrogen and oxygen atoms in total. The number of ether oxygens (including phenoxy) is 1. The zero-order valence-electron chi connectivity index (χ0n) is 12.1. The van der Waals surface area contributed by atoms with Crippen molar-refractivity contribution in [3.05, 3.63) is 36.0 Å². The molecule has 0 aliphatic carbocycles. The Labute approximate surface area is 122 Å². The van der Waals surface area contributed by atoms with Crippen LogP contribution in [0.2, 0.25) is 0 Å². The summed E-state index contributed by atoms with van der Waals surface area (Å²) in [5, 5.41) is 3.89. The maximum Gasteiger partial charge on any atom is 0.232 e. The molecule has 3 rings (SSSR count). The van der Waals surface area contributed by atoms with Gasteiger partial charge in [0.2, 0.25) is 11.8 Å². The van der Waals surface area contributed by atoms with Crippen molar-refractivity contribution in [3.63, 3.8) is 0 Å². The van der Waals surface area contributed by atoms with Crippen LogP contribution in [0.15, 0.2) is 28.8 Å². The van der Waals surface area contributed by atoms with E-state index in [1.807, 2.05) is 31.2 Å². The van der Waals surface area contributed by atoms with E-state index in [-0.39, 0.29) is 11.8 Å². The second-order valence-electron chi connectivity index (χ2n) is 5.01. The molecule has 1 aliphatic heterocycles. The first-order valence-corrected chi connectivity index (χ1v) is 6.98. The van der Waals surface area contributed by atoms with Crippen LogP contribution in [0.4, 0.5) is 5.69 Å². The lowest BCUT2D eigenvalue weighted by molar-refractivity contribution is -0.117. The van der Waals surface area contributed by atoms with Crippen molar-refractivity contribution >= 4 is 11.6 Å². The maximum absolute atomic E-state index is 12.2. The zero-order chi connectivity index (χ0) is 14.8. The van der Waals surface area contributed by atoms with Gasteiger partial charge in [0.25, 0.3) is 0 Å². The van der Waals surface area contributed by atoms with E-state index in [9.17, 15) is 4.79 Å². The molecule has 110 valence electrons. The number of methoxy groups -OCH3 is 1. The van der Waals surface area contributed by atoms with Crippen molar-refractivity contribution in [1.82, 2.24) is 10.1 Å². The van der Waals surface area contributed by atoms with E-state index in [2.05, 4.69) is 10.1 Å². The highest BCUT2D eigenvalue weighted by Gasteiger charge is 2.35. The SMILES string of the molecule is CCc1noc(C2CC(=O)N(c3ccc(OC)cc3)C2)n1. The number of carbonyl (C=O) groups is 1. The molecule has 1 unspecified atom stereocenters. The largest absolute Gasteiger partial charge is 0.497 e. The number of amides is 1. The number of hydrogen-bond donors (Lipinski definition) is 0. The number of aryl methyl sites for hydroxylation is 1. The van der Waals surface area contributed by atoms with Crippen LogP contribution in [0.3, 0.4) is 0 Å². The smallest absolute Gasteiger partial charge is 0.232 e. The van der Waals surface area contributed by atoms with Gasteiger partial charge in [-0.1, -0.05) is 12.1 Å². The van der Waals surface area contributed by atoms with Crippen LogP contribution in [-0.4, -0.2) is 29.7 Å². The van der Waals surface area contributed by atoms with E-state index in [0.717, 1.165) is 17.9 Å². The summed E-state index contributed by atoms with van der Waals surface area (Å²) in [7, 11) is 1.62. The van der Waals surface area contributed by atoms with Crippen LogP contribution in [0.5, 0.6) is 5.75 Å². The van der Waals surface area contributed by atoms with Crippen molar-refractivity contribution in [3.8, 4) is 5.75 Å². The number of aromatic nitrogens is 2. The molecule has 1 aliphatic rings. The van der Waals surface area contributed by atoms with Crippen molar-refractivity contribution in [2.75, 3.05) is 18.6 Å². The second-order valence-corrected chi connectivity index (χ2v) is 5.01. The standard InChI is InChI=1S/C15H17N3O3/c1-3-13-16-15(21-17-13)10-8-14(19)18(9-10)11-4-6-12(20-2)7-5-11/h4-7,10H,3,8-9H2,1-2H3. The van der Waals surface area contributed by atoms with Crippen molar-refractivity contribution in [2.24, 2.45) is 0 Å². The number of benzene rings is 1. The summed E-state index contributed by atoms with van der Waals surface area (Å²) >= 11 is 0. The average molecular weight is 287 g/mol. The van der Waals surface area contributed by atoms with Crippen molar-refractivity contribution < 1.29 is 14.1 Å². The quantitative estimate of drug-likeness (QED) is 0.862. The first kappa shape index (κ1) is 13.6. The predicted molar refractivity (Wildman–Crippen MR) is 76.4 cm³/mol. The minimum Gasteiger partial charge on any atom is -0.497 e. The van der Waals surface area contributed by atoms with Gasteiger partial charge in [0.15, 0.2) is 5.82 Å². The Bertz CT molecular complexity index is 636. The Morgan fingerprint density at radius 3 is 2.76 bits per heavy atom. The van der Waals surface area contributed by atoms with Gasteiger partial charge in [-0.15, -0.1) is 0 Å². The minimum atomic E-state index is -0.0348. The summed E-state index contributed by atoms with van der Waals surface area (Å²) in [6, 6.07) is 7.45. The topological polar surface area (TPSA) is 68.5 Å². The molecule has 6 heteroatoms. The Kier molecular flexibility index (Phi) is 3.60. The highest BCUT2D eigenvalue weighted by molar-refractivity contribution is 5.96. The van der Waals surface area contributed by atoms with Crippen LogP contribution < -0.4 is 9.64 Å². The molecule has 0 N–H and O–H groups in total. The molecule has 21 heavy (non-hydrogen) atoms. The van der Waals surface area contributed by atoms with Crippen molar-refractivity contribution in [1.29, 1.82) is 0 Å². The van der Waals surface area contributed by atoms with E-state index in [1.54, 1.807) is 12.0 Å². The van der Waals surface area contributed by atoms with Crippen LogP contribution in [0, 0.1) is 0 Å². The fourth-order valence-electron chi connectivity index (χ4n) is 2.46. The summed E-state index contributed by atoms with van der Waals surface area (Å²) in [6.45, 7) is 2.54. The Balaban J connectivity index is 1.77. The Morgan fingerprint density at radius 2 is 2.14 bits per heavy atom. The van der Waals surface area contributed by atoms with E-state index in [0.29, 0.717) is 24.7 Å².